The summed E-state index contributed by atoms with van der Waals surface area (Å²) in [6.07, 6.45) is 71.4. The summed E-state index contributed by atoms with van der Waals surface area (Å²) >= 11 is 0. The molecule has 1 unspecified atom stereocenters. The molecule has 6 nitrogen and oxygen atoms in total. The summed E-state index contributed by atoms with van der Waals surface area (Å²) in [4.78, 5) is 38.1. The molecule has 0 heterocycles. The van der Waals surface area contributed by atoms with Crippen LogP contribution in [-0.2, 0) is 28.6 Å². The summed E-state index contributed by atoms with van der Waals surface area (Å²) < 4.78 is 16.9. The van der Waals surface area contributed by atoms with Crippen LogP contribution in [0.5, 0.6) is 0 Å². The Hall–Kier alpha value is -1.59. The number of esters is 3. The minimum Gasteiger partial charge on any atom is -0.462 e. The summed E-state index contributed by atoms with van der Waals surface area (Å²) in [5.41, 5.74) is 0. The Kier molecular flexibility index (Phi) is 60.6. The number of hydrogen-bond donors (Lipinski definition) is 0. The van der Waals surface area contributed by atoms with Crippen LogP contribution in [0.2, 0.25) is 0 Å². The third-order valence-corrected chi connectivity index (χ3v) is 15.4. The van der Waals surface area contributed by atoms with E-state index in [2.05, 4.69) is 20.8 Å². The van der Waals surface area contributed by atoms with Crippen LogP contribution < -0.4 is 0 Å². The predicted molar refractivity (Wildman–Crippen MR) is 312 cm³/mol. The zero-order valence-corrected chi connectivity index (χ0v) is 49.2. The minimum absolute atomic E-state index is 0.0611. The molecular weight excluding hydrogens is 889 g/mol. The van der Waals surface area contributed by atoms with Crippen LogP contribution >= 0.6 is 0 Å². The number of ether oxygens (including phenoxy) is 3. The third-order valence-electron chi connectivity index (χ3n) is 15.4. The van der Waals surface area contributed by atoms with Gasteiger partial charge in [-0.1, -0.05) is 348 Å². The molecule has 0 aliphatic carbocycles. The Morgan fingerprint density at radius 1 is 0.222 bits per heavy atom. The van der Waals surface area contributed by atoms with Crippen molar-refractivity contribution in [1.29, 1.82) is 0 Å². The van der Waals surface area contributed by atoms with Gasteiger partial charge in [-0.15, -0.1) is 0 Å². The van der Waals surface area contributed by atoms with Crippen molar-refractivity contribution in [1.82, 2.24) is 0 Å². The van der Waals surface area contributed by atoms with Crippen LogP contribution in [0.25, 0.3) is 0 Å². The van der Waals surface area contributed by atoms with Gasteiger partial charge in [0, 0.05) is 19.3 Å². The number of hydrogen-bond acceptors (Lipinski definition) is 6. The van der Waals surface area contributed by atoms with Gasteiger partial charge in [0.2, 0.25) is 0 Å². The topological polar surface area (TPSA) is 78.9 Å². The average molecular weight is 1020 g/mol. The van der Waals surface area contributed by atoms with Gasteiger partial charge in [-0.25, -0.2) is 0 Å². The van der Waals surface area contributed by atoms with Gasteiger partial charge in [-0.05, 0) is 19.3 Å². The fourth-order valence-corrected chi connectivity index (χ4v) is 10.4. The second kappa shape index (κ2) is 62.0. The maximum atomic E-state index is 12.8. The molecule has 0 aromatic heterocycles. The van der Waals surface area contributed by atoms with Gasteiger partial charge in [0.05, 0.1) is 0 Å². The highest BCUT2D eigenvalue weighted by molar-refractivity contribution is 5.71. The van der Waals surface area contributed by atoms with Crippen LogP contribution in [0.4, 0.5) is 0 Å². The van der Waals surface area contributed by atoms with Crippen molar-refractivity contribution in [3.05, 3.63) is 0 Å². The molecule has 0 aliphatic rings. The summed E-state index contributed by atoms with van der Waals surface area (Å²) in [5.74, 6) is -0.832. The second-order valence-corrected chi connectivity index (χ2v) is 22.8. The molecule has 0 fully saturated rings. The van der Waals surface area contributed by atoms with Gasteiger partial charge in [-0.3, -0.25) is 14.4 Å². The highest BCUT2D eigenvalue weighted by atomic mass is 16.6. The van der Waals surface area contributed by atoms with Crippen molar-refractivity contribution in [2.24, 2.45) is 0 Å². The average Bonchev–Trinajstić information content (AvgIpc) is 3.38. The molecule has 1 atom stereocenters. The maximum Gasteiger partial charge on any atom is 0.306 e. The minimum atomic E-state index is -0.761. The van der Waals surface area contributed by atoms with E-state index in [1.54, 1.807) is 0 Å². The fourth-order valence-electron chi connectivity index (χ4n) is 10.4. The smallest absolute Gasteiger partial charge is 0.306 e. The van der Waals surface area contributed by atoms with Gasteiger partial charge in [0.15, 0.2) is 6.10 Å². The highest BCUT2D eigenvalue weighted by Gasteiger charge is 2.19. The quantitative estimate of drug-likeness (QED) is 0.0343. The molecular formula is C66H128O6. The third kappa shape index (κ3) is 59.3. The lowest BCUT2D eigenvalue weighted by atomic mass is 10.0. The molecule has 0 aliphatic heterocycles. The molecule has 0 radical (unpaired) electrons. The van der Waals surface area contributed by atoms with E-state index in [1.165, 1.54) is 289 Å². The Morgan fingerprint density at radius 3 is 0.556 bits per heavy atom. The van der Waals surface area contributed by atoms with Crippen molar-refractivity contribution < 1.29 is 28.6 Å². The maximum absolute atomic E-state index is 12.8. The molecule has 0 saturated heterocycles. The van der Waals surface area contributed by atoms with Crippen molar-refractivity contribution in [3.8, 4) is 0 Å². The normalized spacial score (nSPS) is 11.9. The van der Waals surface area contributed by atoms with Crippen LogP contribution in [0.15, 0.2) is 0 Å². The van der Waals surface area contributed by atoms with E-state index >= 15 is 0 Å². The molecule has 0 aromatic carbocycles. The molecule has 0 N–H and O–H groups in total. The fraction of sp³-hybridized carbons (Fsp3) is 0.955. The van der Waals surface area contributed by atoms with E-state index in [-0.39, 0.29) is 31.1 Å². The monoisotopic (exact) mass is 1020 g/mol. The lowest BCUT2D eigenvalue weighted by Gasteiger charge is -2.18. The van der Waals surface area contributed by atoms with Gasteiger partial charge in [0.25, 0.3) is 0 Å². The lowest BCUT2D eigenvalue weighted by Crippen LogP contribution is -2.30. The molecule has 0 aromatic rings. The first-order chi connectivity index (χ1) is 35.5. The van der Waals surface area contributed by atoms with Gasteiger partial charge >= 0.3 is 17.9 Å². The first-order valence-electron chi connectivity index (χ1n) is 33.0. The number of carbonyl (C=O) groups is 3. The van der Waals surface area contributed by atoms with Crippen LogP contribution in [0.3, 0.4) is 0 Å². The van der Waals surface area contributed by atoms with Gasteiger partial charge in [0.1, 0.15) is 13.2 Å². The molecule has 0 saturated carbocycles. The number of unbranched alkanes of at least 4 members (excludes halogenated alkanes) is 51. The molecule has 428 valence electrons. The Morgan fingerprint density at radius 2 is 0.375 bits per heavy atom. The van der Waals surface area contributed by atoms with Crippen molar-refractivity contribution in [3.63, 3.8) is 0 Å². The van der Waals surface area contributed by atoms with Gasteiger partial charge in [-0.2, -0.15) is 0 Å². The zero-order chi connectivity index (χ0) is 52.2. The Labute approximate surface area is 450 Å². The van der Waals surface area contributed by atoms with E-state index in [4.69, 9.17) is 14.2 Å². The number of carbonyl (C=O) groups excluding carboxylic acids is 3. The van der Waals surface area contributed by atoms with Crippen LogP contribution in [0, 0.1) is 0 Å². The summed E-state index contributed by atoms with van der Waals surface area (Å²) in [7, 11) is 0. The lowest BCUT2D eigenvalue weighted by molar-refractivity contribution is -0.167. The van der Waals surface area contributed by atoms with Crippen molar-refractivity contribution in [2.45, 2.75) is 393 Å². The van der Waals surface area contributed by atoms with E-state index in [9.17, 15) is 14.4 Å². The first-order valence-corrected chi connectivity index (χ1v) is 33.0. The van der Waals surface area contributed by atoms with Crippen LogP contribution in [0.1, 0.15) is 387 Å². The summed E-state index contributed by atoms with van der Waals surface area (Å²) in [5, 5.41) is 0. The van der Waals surface area contributed by atoms with E-state index in [0.29, 0.717) is 19.3 Å². The molecule has 0 spiro atoms. The summed E-state index contributed by atoms with van der Waals surface area (Å²) in [6, 6.07) is 0. The first kappa shape index (κ1) is 70.4. The molecule has 0 bridgehead atoms. The predicted octanol–water partition coefficient (Wildman–Crippen LogP) is 22.3. The second-order valence-electron chi connectivity index (χ2n) is 22.8. The van der Waals surface area contributed by atoms with Gasteiger partial charge < -0.3 is 14.2 Å². The zero-order valence-electron chi connectivity index (χ0n) is 49.2. The summed E-state index contributed by atoms with van der Waals surface area (Å²) in [6.45, 7) is 6.70. The SMILES string of the molecule is CCCCCCCCCCCCCCCCCCCCCCCCCCCCCCCCC(=O)OCC(COC(=O)CCCCCCCCCCCC)OC(=O)CCCCCCCCCCCCCCCC. The molecule has 72 heavy (non-hydrogen) atoms. The van der Waals surface area contributed by atoms with Crippen molar-refractivity contribution >= 4 is 17.9 Å². The standard InChI is InChI=1S/C66H128O6/c1-4-7-10-13-16-19-22-24-26-27-28-29-30-31-32-33-34-35-36-37-38-39-40-41-43-44-47-50-53-56-59-65(68)71-62-63(61-70-64(67)58-55-52-49-46-21-18-15-12-9-6-3)72-66(69)60-57-54-51-48-45-42-25-23-20-17-14-11-8-5-2/h63H,4-62H2,1-3H3. The van der Waals surface area contributed by atoms with E-state index in [1.807, 2.05) is 0 Å². The largest absolute Gasteiger partial charge is 0.462 e. The van der Waals surface area contributed by atoms with E-state index in [0.717, 1.165) is 57.8 Å². The Bertz CT molecular complexity index is 1080. The molecule has 0 rings (SSSR count). The van der Waals surface area contributed by atoms with Crippen LogP contribution in [-0.4, -0.2) is 37.2 Å². The Balaban J connectivity index is 4.02. The number of rotatable bonds is 62. The molecule has 0 amide bonds. The molecule has 6 heteroatoms. The highest BCUT2D eigenvalue weighted by Crippen LogP contribution is 2.19. The van der Waals surface area contributed by atoms with Crippen molar-refractivity contribution in [2.75, 3.05) is 13.2 Å². The van der Waals surface area contributed by atoms with E-state index < -0.39 is 6.10 Å².